The molecule has 104 valence electrons. The number of amides is 1. The fourth-order valence-corrected chi connectivity index (χ4v) is 1.51. The Morgan fingerprint density at radius 1 is 1.21 bits per heavy atom. The standard InChI is InChI=1S/C14H19NO4/c1-9(16)15-12(13(18)19-14(2,3)4)10-5-7-11(17)8-6-10/h5-8,12,17H,1-4H3,(H,15,16). The number of benzene rings is 1. The molecule has 19 heavy (non-hydrogen) atoms. The average Bonchev–Trinajstić information content (AvgIpc) is 2.24. The number of rotatable bonds is 3. The predicted octanol–water partition coefficient (Wildman–Crippen LogP) is 1.91. The third kappa shape index (κ3) is 4.99. The first-order chi connectivity index (χ1) is 8.69. The zero-order chi connectivity index (χ0) is 14.6. The molecule has 0 bridgehead atoms. The van der Waals surface area contributed by atoms with Gasteiger partial charge in [-0.3, -0.25) is 4.79 Å². The highest BCUT2D eigenvalue weighted by Crippen LogP contribution is 2.20. The first-order valence-corrected chi connectivity index (χ1v) is 5.98. The first kappa shape index (κ1) is 15.0. The van der Waals surface area contributed by atoms with Crippen LogP contribution in [0.25, 0.3) is 0 Å². The van der Waals surface area contributed by atoms with Crippen LogP contribution < -0.4 is 5.32 Å². The number of carbonyl (C=O) groups is 2. The molecule has 0 radical (unpaired) electrons. The molecule has 0 fully saturated rings. The Morgan fingerprint density at radius 2 is 1.74 bits per heavy atom. The number of phenols is 1. The summed E-state index contributed by atoms with van der Waals surface area (Å²) in [6.07, 6.45) is 0. The molecule has 5 heteroatoms. The summed E-state index contributed by atoms with van der Waals surface area (Å²) in [6, 6.07) is 5.17. The lowest BCUT2D eigenvalue weighted by atomic mass is 10.1. The second kappa shape index (κ2) is 5.73. The zero-order valence-electron chi connectivity index (χ0n) is 11.6. The van der Waals surface area contributed by atoms with Gasteiger partial charge in [0.25, 0.3) is 0 Å². The minimum atomic E-state index is -0.877. The van der Waals surface area contributed by atoms with E-state index in [1.54, 1.807) is 32.9 Å². The Morgan fingerprint density at radius 3 is 2.16 bits per heavy atom. The summed E-state index contributed by atoms with van der Waals surface area (Å²) in [5.41, 5.74) is -0.0766. The smallest absolute Gasteiger partial charge is 0.333 e. The van der Waals surface area contributed by atoms with Gasteiger partial charge in [0.1, 0.15) is 11.4 Å². The van der Waals surface area contributed by atoms with Crippen molar-refractivity contribution in [3.8, 4) is 5.75 Å². The van der Waals surface area contributed by atoms with Crippen molar-refractivity contribution in [2.75, 3.05) is 0 Å². The number of esters is 1. The first-order valence-electron chi connectivity index (χ1n) is 5.98. The van der Waals surface area contributed by atoms with E-state index in [-0.39, 0.29) is 11.7 Å². The minimum absolute atomic E-state index is 0.0921. The van der Waals surface area contributed by atoms with Crippen LogP contribution in [0.2, 0.25) is 0 Å². The van der Waals surface area contributed by atoms with E-state index in [2.05, 4.69) is 5.32 Å². The summed E-state index contributed by atoms with van der Waals surface area (Å²) in [5, 5.41) is 11.8. The molecule has 1 unspecified atom stereocenters. The predicted molar refractivity (Wildman–Crippen MR) is 70.5 cm³/mol. The van der Waals surface area contributed by atoms with Crippen LogP contribution in [0.15, 0.2) is 24.3 Å². The van der Waals surface area contributed by atoms with Gasteiger partial charge in [0.2, 0.25) is 5.91 Å². The maximum atomic E-state index is 12.1. The second-order valence-electron chi connectivity index (χ2n) is 5.26. The van der Waals surface area contributed by atoms with E-state index in [4.69, 9.17) is 4.74 Å². The lowest BCUT2D eigenvalue weighted by Crippen LogP contribution is -2.37. The second-order valence-corrected chi connectivity index (χ2v) is 5.26. The van der Waals surface area contributed by atoms with E-state index < -0.39 is 17.6 Å². The average molecular weight is 265 g/mol. The normalized spacial score (nSPS) is 12.6. The molecular weight excluding hydrogens is 246 g/mol. The van der Waals surface area contributed by atoms with Crippen molar-refractivity contribution in [1.29, 1.82) is 0 Å². The van der Waals surface area contributed by atoms with Crippen LogP contribution in [0.3, 0.4) is 0 Å². The van der Waals surface area contributed by atoms with Gasteiger partial charge in [-0.25, -0.2) is 4.79 Å². The highest BCUT2D eigenvalue weighted by molar-refractivity contribution is 5.84. The quantitative estimate of drug-likeness (QED) is 0.819. The van der Waals surface area contributed by atoms with Gasteiger partial charge in [-0.15, -0.1) is 0 Å². The van der Waals surface area contributed by atoms with Crippen LogP contribution in [0.5, 0.6) is 5.75 Å². The lowest BCUT2D eigenvalue weighted by Gasteiger charge is -2.24. The van der Waals surface area contributed by atoms with Crippen molar-refractivity contribution in [2.45, 2.75) is 39.3 Å². The molecule has 1 rings (SSSR count). The fourth-order valence-electron chi connectivity index (χ4n) is 1.51. The third-order valence-corrected chi connectivity index (χ3v) is 2.22. The number of nitrogens with one attached hydrogen (secondary N) is 1. The van der Waals surface area contributed by atoms with Gasteiger partial charge in [0.15, 0.2) is 6.04 Å². The van der Waals surface area contributed by atoms with E-state index in [0.717, 1.165) is 0 Å². The highest BCUT2D eigenvalue weighted by atomic mass is 16.6. The van der Waals surface area contributed by atoms with Gasteiger partial charge in [0.05, 0.1) is 0 Å². The fraction of sp³-hybridized carbons (Fsp3) is 0.429. The van der Waals surface area contributed by atoms with Crippen LogP contribution in [0.4, 0.5) is 0 Å². The van der Waals surface area contributed by atoms with Gasteiger partial charge in [-0.2, -0.15) is 0 Å². The molecule has 0 saturated heterocycles. The van der Waals surface area contributed by atoms with Crippen molar-refractivity contribution in [1.82, 2.24) is 5.32 Å². The largest absolute Gasteiger partial charge is 0.508 e. The Balaban J connectivity index is 2.97. The molecule has 0 aromatic heterocycles. The van der Waals surface area contributed by atoms with Crippen molar-refractivity contribution >= 4 is 11.9 Å². The molecule has 2 N–H and O–H groups in total. The molecule has 0 aliphatic rings. The molecule has 5 nitrogen and oxygen atoms in total. The Labute approximate surface area is 112 Å². The molecule has 0 heterocycles. The topological polar surface area (TPSA) is 75.6 Å². The molecule has 1 atom stereocenters. The summed E-state index contributed by atoms with van der Waals surface area (Å²) in [6.45, 7) is 6.60. The van der Waals surface area contributed by atoms with Crippen LogP contribution >= 0.6 is 0 Å². The highest BCUT2D eigenvalue weighted by Gasteiger charge is 2.27. The Hall–Kier alpha value is -2.04. The minimum Gasteiger partial charge on any atom is -0.508 e. The SMILES string of the molecule is CC(=O)NC(C(=O)OC(C)(C)C)c1ccc(O)cc1. The van der Waals surface area contributed by atoms with E-state index in [0.29, 0.717) is 5.56 Å². The van der Waals surface area contributed by atoms with Gasteiger partial charge in [0, 0.05) is 6.92 Å². The van der Waals surface area contributed by atoms with Crippen LogP contribution in [-0.4, -0.2) is 22.6 Å². The summed E-state index contributed by atoms with van der Waals surface area (Å²) in [5.74, 6) is -0.771. The summed E-state index contributed by atoms with van der Waals surface area (Å²) < 4.78 is 5.27. The number of aromatic hydroxyl groups is 1. The van der Waals surface area contributed by atoms with Crippen LogP contribution in [0, 0.1) is 0 Å². The van der Waals surface area contributed by atoms with Crippen LogP contribution in [-0.2, 0) is 14.3 Å². The Bertz CT molecular complexity index is 459. The maximum absolute atomic E-state index is 12.1. The summed E-state index contributed by atoms with van der Waals surface area (Å²) in [7, 11) is 0. The van der Waals surface area contributed by atoms with Crippen molar-refractivity contribution in [3.05, 3.63) is 29.8 Å². The number of phenolic OH excluding ortho intramolecular Hbond substituents is 1. The van der Waals surface area contributed by atoms with Crippen molar-refractivity contribution in [2.24, 2.45) is 0 Å². The molecule has 0 spiro atoms. The zero-order valence-corrected chi connectivity index (χ0v) is 11.6. The summed E-state index contributed by atoms with van der Waals surface area (Å²) >= 11 is 0. The third-order valence-electron chi connectivity index (χ3n) is 2.22. The summed E-state index contributed by atoms with van der Waals surface area (Å²) in [4.78, 5) is 23.3. The number of carbonyl (C=O) groups excluding carboxylic acids is 2. The maximum Gasteiger partial charge on any atom is 0.333 e. The molecular formula is C14H19NO4. The van der Waals surface area contributed by atoms with Crippen LogP contribution in [0.1, 0.15) is 39.3 Å². The number of ether oxygens (including phenoxy) is 1. The van der Waals surface area contributed by atoms with E-state index >= 15 is 0 Å². The number of hydrogen-bond donors (Lipinski definition) is 2. The van der Waals surface area contributed by atoms with E-state index in [9.17, 15) is 14.7 Å². The van der Waals surface area contributed by atoms with E-state index in [1.165, 1.54) is 19.1 Å². The van der Waals surface area contributed by atoms with Crippen molar-refractivity contribution in [3.63, 3.8) is 0 Å². The molecule has 0 aliphatic heterocycles. The monoisotopic (exact) mass is 265 g/mol. The van der Waals surface area contributed by atoms with Gasteiger partial charge >= 0.3 is 5.97 Å². The number of hydrogen-bond acceptors (Lipinski definition) is 4. The van der Waals surface area contributed by atoms with E-state index in [1.807, 2.05) is 0 Å². The Kier molecular flexibility index (Phi) is 4.53. The molecule has 0 saturated carbocycles. The molecule has 1 amide bonds. The molecule has 0 aliphatic carbocycles. The van der Waals surface area contributed by atoms with Gasteiger partial charge < -0.3 is 15.2 Å². The lowest BCUT2D eigenvalue weighted by molar-refractivity contribution is -0.158. The van der Waals surface area contributed by atoms with Crippen molar-refractivity contribution < 1.29 is 19.4 Å². The van der Waals surface area contributed by atoms with Gasteiger partial charge in [-0.05, 0) is 38.5 Å². The van der Waals surface area contributed by atoms with Gasteiger partial charge in [-0.1, -0.05) is 12.1 Å². The molecule has 1 aromatic rings. The molecule has 1 aromatic carbocycles.